The molecule has 3 aromatic rings. The lowest BCUT2D eigenvalue weighted by molar-refractivity contribution is 0.0697. The van der Waals surface area contributed by atoms with Gasteiger partial charge in [0.05, 0.1) is 5.56 Å². The van der Waals surface area contributed by atoms with Gasteiger partial charge in [-0.2, -0.15) is 0 Å². The minimum absolute atomic E-state index is 0.247. The van der Waals surface area contributed by atoms with Gasteiger partial charge in [0.25, 0.3) is 0 Å². The number of nitrogen functional groups attached to an aromatic ring is 1. The molecule has 0 spiro atoms. The van der Waals surface area contributed by atoms with Gasteiger partial charge in [0.2, 0.25) is 0 Å². The second-order valence-electron chi connectivity index (χ2n) is 5.12. The number of nitrogens with two attached hydrogens (primary N) is 1. The van der Waals surface area contributed by atoms with Crippen molar-refractivity contribution in [1.82, 2.24) is 4.98 Å². The zero-order chi connectivity index (χ0) is 15.7. The number of hydrogen-bond donors (Lipinski definition) is 3. The van der Waals surface area contributed by atoms with Gasteiger partial charge >= 0.3 is 5.97 Å². The molecule has 0 radical (unpaired) electrons. The lowest BCUT2D eigenvalue weighted by atomic mass is 10.1. The lowest BCUT2D eigenvalue weighted by Gasteiger charge is -2.11. The molecule has 0 aliphatic heterocycles. The Balaban J connectivity index is 2.02. The fourth-order valence-corrected chi connectivity index (χ4v) is 2.40. The van der Waals surface area contributed by atoms with E-state index in [2.05, 4.69) is 10.3 Å². The normalized spacial score (nSPS) is 10.6. The van der Waals surface area contributed by atoms with Gasteiger partial charge in [-0.1, -0.05) is 0 Å². The van der Waals surface area contributed by atoms with E-state index in [-0.39, 0.29) is 5.56 Å². The average Bonchev–Trinajstić information content (AvgIpc) is 2.48. The van der Waals surface area contributed by atoms with E-state index in [0.29, 0.717) is 11.5 Å². The number of anilines is 3. The lowest BCUT2D eigenvalue weighted by Crippen LogP contribution is -1.99. The molecule has 0 aliphatic carbocycles. The molecule has 22 heavy (non-hydrogen) atoms. The van der Waals surface area contributed by atoms with E-state index in [9.17, 15) is 4.79 Å². The Labute approximate surface area is 127 Å². The van der Waals surface area contributed by atoms with Gasteiger partial charge in [-0.3, -0.25) is 0 Å². The quantitative estimate of drug-likeness (QED) is 0.642. The van der Waals surface area contributed by atoms with Gasteiger partial charge in [-0.25, -0.2) is 9.78 Å². The van der Waals surface area contributed by atoms with Crippen LogP contribution in [0.4, 0.5) is 17.2 Å². The molecule has 0 amide bonds. The maximum absolute atomic E-state index is 10.9. The number of rotatable bonds is 3. The molecule has 3 rings (SSSR count). The number of aromatic nitrogens is 1. The van der Waals surface area contributed by atoms with Gasteiger partial charge < -0.3 is 16.2 Å². The average molecular weight is 293 g/mol. The largest absolute Gasteiger partial charge is 0.478 e. The van der Waals surface area contributed by atoms with E-state index >= 15 is 0 Å². The first-order chi connectivity index (χ1) is 10.5. The summed E-state index contributed by atoms with van der Waals surface area (Å²) in [5.41, 5.74) is 8.83. The molecule has 0 atom stereocenters. The standard InChI is InChI=1S/C17H15N3O2/c1-10-8-14-13(15(18)9-10)6-7-19-16(14)20-12-4-2-11(3-5-12)17(21)22/h2-9H,18H2,1H3,(H,19,20)(H,21,22). The molecular formula is C17H15N3O2. The smallest absolute Gasteiger partial charge is 0.335 e. The Morgan fingerprint density at radius 2 is 1.86 bits per heavy atom. The molecule has 1 heterocycles. The van der Waals surface area contributed by atoms with Crippen molar-refractivity contribution in [1.29, 1.82) is 0 Å². The van der Waals surface area contributed by atoms with Crippen LogP contribution in [-0.4, -0.2) is 16.1 Å². The molecule has 4 N–H and O–H groups in total. The van der Waals surface area contributed by atoms with Crippen LogP contribution in [0.5, 0.6) is 0 Å². The van der Waals surface area contributed by atoms with Crippen molar-refractivity contribution in [2.75, 3.05) is 11.1 Å². The Morgan fingerprint density at radius 1 is 1.14 bits per heavy atom. The highest BCUT2D eigenvalue weighted by Gasteiger charge is 2.07. The third-order valence-electron chi connectivity index (χ3n) is 3.45. The number of fused-ring (bicyclic) bond motifs is 1. The van der Waals surface area contributed by atoms with E-state index < -0.39 is 5.97 Å². The number of aryl methyl sites for hydroxylation is 1. The van der Waals surface area contributed by atoms with E-state index in [1.807, 2.05) is 25.1 Å². The maximum atomic E-state index is 10.9. The van der Waals surface area contributed by atoms with E-state index in [0.717, 1.165) is 22.0 Å². The summed E-state index contributed by atoms with van der Waals surface area (Å²) in [6, 6.07) is 12.3. The molecule has 5 nitrogen and oxygen atoms in total. The first-order valence-electron chi connectivity index (χ1n) is 6.80. The third kappa shape index (κ3) is 2.56. The highest BCUT2D eigenvalue weighted by molar-refractivity contribution is 6.00. The first kappa shape index (κ1) is 13.9. The number of hydrogen-bond acceptors (Lipinski definition) is 4. The second kappa shape index (κ2) is 5.37. The molecule has 5 heteroatoms. The molecule has 2 aromatic carbocycles. The predicted octanol–water partition coefficient (Wildman–Crippen LogP) is 3.57. The van der Waals surface area contributed by atoms with Crippen LogP contribution in [0.3, 0.4) is 0 Å². The second-order valence-corrected chi connectivity index (χ2v) is 5.12. The monoisotopic (exact) mass is 293 g/mol. The van der Waals surface area contributed by atoms with Crippen LogP contribution in [0.1, 0.15) is 15.9 Å². The van der Waals surface area contributed by atoms with Crippen molar-refractivity contribution >= 4 is 33.9 Å². The Morgan fingerprint density at radius 3 is 2.55 bits per heavy atom. The van der Waals surface area contributed by atoms with Crippen molar-refractivity contribution in [2.24, 2.45) is 0 Å². The molecule has 110 valence electrons. The maximum Gasteiger partial charge on any atom is 0.335 e. The summed E-state index contributed by atoms with van der Waals surface area (Å²) in [5, 5.41) is 14.0. The summed E-state index contributed by atoms with van der Waals surface area (Å²) in [6.07, 6.45) is 1.70. The van der Waals surface area contributed by atoms with Crippen molar-refractivity contribution in [3.63, 3.8) is 0 Å². The van der Waals surface area contributed by atoms with Crippen LogP contribution in [0.15, 0.2) is 48.7 Å². The van der Waals surface area contributed by atoms with Crippen LogP contribution in [0, 0.1) is 6.92 Å². The van der Waals surface area contributed by atoms with Crippen LogP contribution in [0.25, 0.3) is 10.8 Å². The summed E-state index contributed by atoms with van der Waals surface area (Å²) in [6.45, 7) is 1.98. The topological polar surface area (TPSA) is 88.2 Å². The number of benzene rings is 2. The number of carboxylic acids is 1. The first-order valence-corrected chi connectivity index (χ1v) is 6.80. The minimum Gasteiger partial charge on any atom is -0.478 e. The molecule has 0 fully saturated rings. The summed E-state index contributed by atoms with van der Waals surface area (Å²) >= 11 is 0. The highest BCUT2D eigenvalue weighted by Crippen LogP contribution is 2.29. The van der Waals surface area contributed by atoms with E-state index in [1.165, 1.54) is 0 Å². The SMILES string of the molecule is Cc1cc(N)c2ccnc(Nc3ccc(C(=O)O)cc3)c2c1. The predicted molar refractivity (Wildman–Crippen MR) is 87.6 cm³/mol. The van der Waals surface area contributed by atoms with Gasteiger partial charge in [0, 0.05) is 28.3 Å². The van der Waals surface area contributed by atoms with Crippen LogP contribution in [0.2, 0.25) is 0 Å². The van der Waals surface area contributed by atoms with Crippen LogP contribution in [-0.2, 0) is 0 Å². The minimum atomic E-state index is -0.946. The zero-order valence-corrected chi connectivity index (χ0v) is 12.0. The van der Waals surface area contributed by atoms with Crippen molar-refractivity contribution in [2.45, 2.75) is 6.92 Å². The molecule has 0 unspecified atom stereocenters. The number of pyridine rings is 1. The summed E-state index contributed by atoms with van der Waals surface area (Å²) < 4.78 is 0. The Kier molecular flexibility index (Phi) is 3.39. The highest BCUT2D eigenvalue weighted by atomic mass is 16.4. The summed E-state index contributed by atoms with van der Waals surface area (Å²) in [7, 11) is 0. The molecule has 1 aromatic heterocycles. The van der Waals surface area contributed by atoms with E-state index in [4.69, 9.17) is 10.8 Å². The van der Waals surface area contributed by atoms with E-state index in [1.54, 1.807) is 30.5 Å². The van der Waals surface area contributed by atoms with Gasteiger partial charge in [0.15, 0.2) is 0 Å². The number of aromatic carboxylic acids is 1. The van der Waals surface area contributed by atoms with Crippen LogP contribution < -0.4 is 11.1 Å². The van der Waals surface area contributed by atoms with Gasteiger partial charge in [-0.05, 0) is 55.0 Å². The number of nitrogens with one attached hydrogen (secondary N) is 1. The molecule has 0 saturated heterocycles. The molecule has 0 bridgehead atoms. The van der Waals surface area contributed by atoms with Crippen molar-refractivity contribution in [3.05, 3.63) is 59.8 Å². The zero-order valence-electron chi connectivity index (χ0n) is 12.0. The Bertz CT molecular complexity index is 858. The summed E-state index contributed by atoms with van der Waals surface area (Å²) in [4.78, 5) is 15.2. The fraction of sp³-hybridized carbons (Fsp3) is 0.0588. The van der Waals surface area contributed by atoms with Gasteiger partial charge in [0.1, 0.15) is 5.82 Å². The molecule has 0 saturated carbocycles. The molecular weight excluding hydrogens is 278 g/mol. The van der Waals surface area contributed by atoms with Crippen LogP contribution >= 0.6 is 0 Å². The summed E-state index contributed by atoms with van der Waals surface area (Å²) in [5.74, 6) is -0.255. The number of carboxylic acid groups (broad SMARTS) is 1. The molecule has 0 aliphatic rings. The van der Waals surface area contributed by atoms with Gasteiger partial charge in [-0.15, -0.1) is 0 Å². The number of nitrogens with zero attached hydrogens (tertiary/aromatic N) is 1. The number of carbonyl (C=O) groups is 1. The van der Waals surface area contributed by atoms with Crippen molar-refractivity contribution in [3.8, 4) is 0 Å². The Hall–Kier alpha value is -3.08. The third-order valence-corrected chi connectivity index (χ3v) is 3.45. The fourth-order valence-electron chi connectivity index (χ4n) is 2.40. The van der Waals surface area contributed by atoms with Crippen molar-refractivity contribution < 1.29 is 9.90 Å².